The van der Waals surface area contributed by atoms with Crippen LogP contribution in [0.4, 0.5) is 14.5 Å². The first kappa shape index (κ1) is 21.2. The van der Waals surface area contributed by atoms with Crippen molar-refractivity contribution in [3.8, 4) is 5.75 Å². The number of hydrogen-bond donors (Lipinski definition) is 1. The predicted molar refractivity (Wildman–Crippen MR) is 113 cm³/mol. The number of aliphatic hydroxyl groups is 1. The summed E-state index contributed by atoms with van der Waals surface area (Å²) in [5.41, 5.74) is 0.677. The molecule has 1 fully saturated rings. The number of pyridine rings is 1. The quantitative estimate of drug-likeness (QED) is 0.375. The zero-order valence-corrected chi connectivity index (χ0v) is 17.2. The van der Waals surface area contributed by atoms with Crippen LogP contribution in [0.15, 0.2) is 66.5 Å². The van der Waals surface area contributed by atoms with Crippen LogP contribution in [0.2, 0.25) is 0 Å². The molecule has 1 aliphatic heterocycles. The monoisotopic (exact) mass is 436 g/mol. The first-order valence-electron chi connectivity index (χ1n) is 9.64. The first-order valence-corrected chi connectivity index (χ1v) is 9.64. The van der Waals surface area contributed by atoms with Crippen LogP contribution in [-0.2, 0) is 9.59 Å². The summed E-state index contributed by atoms with van der Waals surface area (Å²) in [5.74, 6) is -3.99. The number of anilines is 1. The van der Waals surface area contributed by atoms with Gasteiger partial charge < -0.3 is 9.84 Å². The molecule has 1 N–H and O–H groups in total. The average molecular weight is 436 g/mol. The third kappa shape index (κ3) is 3.49. The smallest absolute Gasteiger partial charge is 0.300 e. The second-order valence-electron chi connectivity index (χ2n) is 7.25. The molecular weight excluding hydrogens is 418 g/mol. The number of aryl methyl sites for hydroxylation is 1. The number of methoxy groups -OCH3 is 1. The Kier molecular flexibility index (Phi) is 5.44. The molecule has 32 heavy (non-hydrogen) atoms. The lowest BCUT2D eigenvalue weighted by molar-refractivity contribution is -0.132. The molecule has 2 heterocycles. The van der Waals surface area contributed by atoms with Crippen LogP contribution >= 0.6 is 0 Å². The van der Waals surface area contributed by atoms with Gasteiger partial charge >= 0.3 is 0 Å². The molecule has 0 spiro atoms. The second-order valence-corrected chi connectivity index (χ2v) is 7.25. The van der Waals surface area contributed by atoms with Gasteiger partial charge in [0.2, 0.25) is 0 Å². The van der Waals surface area contributed by atoms with Gasteiger partial charge in [-0.25, -0.2) is 8.78 Å². The molecule has 0 saturated carbocycles. The van der Waals surface area contributed by atoms with Crippen molar-refractivity contribution in [1.29, 1.82) is 0 Å². The maximum absolute atomic E-state index is 14.7. The molecule has 0 radical (unpaired) electrons. The van der Waals surface area contributed by atoms with Crippen molar-refractivity contribution in [2.24, 2.45) is 0 Å². The minimum atomic E-state index is -1.21. The maximum Gasteiger partial charge on any atom is 0.300 e. The van der Waals surface area contributed by atoms with Crippen molar-refractivity contribution in [3.63, 3.8) is 0 Å². The van der Waals surface area contributed by atoms with Gasteiger partial charge in [0.05, 0.1) is 30.0 Å². The van der Waals surface area contributed by atoms with Crippen LogP contribution in [0.3, 0.4) is 0 Å². The molecule has 1 unspecified atom stereocenters. The van der Waals surface area contributed by atoms with Crippen molar-refractivity contribution in [2.45, 2.75) is 13.0 Å². The van der Waals surface area contributed by atoms with E-state index in [4.69, 9.17) is 4.74 Å². The Balaban J connectivity index is 2.01. The van der Waals surface area contributed by atoms with Gasteiger partial charge in [-0.3, -0.25) is 19.5 Å². The molecule has 1 aliphatic rings. The number of aromatic nitrogens is 1. The predicted octanol–water partition coefficient (Wildman–Crippen LogP) is 4.30. The van der Waals surface area contributed by atoms with Crippen LogP contribution in [-0.4, -0.2) is 28.9 Å². The highest BCUT2D eigenvalue weighted by molar-refractivity contribution is 6.51. The topological polar surface area (TPSA) is 79.7 Å². The molecule has 1 amide bonds. The number of amides is 1. The fourth-order valence-corrected chi connectivity index (χ4v) is 3.76. The Hall–Kier alpha value is -4.07. The third-order valence-electron chi connectivity index (χ3n) is 5.24. The number of Topliss-reactive ketones (excluding diaryl/α,β-unsaturated/α-hetero) is 1. The van der Waals surface area contributed by atoms with Crippen molar-refractivity contribution in [1.82, 2.24) is 4.98 Å². The van der Waals surface area contributed by atoms with Gasteiger partial charge in [0.15, 0.2) is 0 Å². The fourth-order valence-electron chi connectivity index (χ4n) is 3.76. The molecule has 1 saturated heterocycles. The molecular formula is C24H18F2N2O4. The summed E-state index contributed by atoms with van der Waals surface area (Å²) in [7, 11) is 1.41. The number of hydrogen-bond acceptors (Lipinski definition) is 5. The molecule has 2 aromatic carbocycles. The summed E-state index contributed by atoms with van der Waals surface area (Å²) in [6.45, 7) is 1.79. The lowest BCUT2D eigenvalue weighted by atomic mass is 9.95. The number of nitrogens with zero attached hydrogens (tertiary/aromatic N) is 2. The molecule has 1 aromatic heterocycles. The van der Waals surface area contributed by atoms with E-state index in [1.165, 1.54) is 31.6 Å². The molecule has 0 bridgehead atoms. The zero-order chi connectivity index (χ0) is 23.0. The summed E-state index contributed by atoms with van der Waals surface area (Å²) in [4.78, 5) is 30.9. The highest BCUT2D eigenvalue weighted by atomic mass is 19.1. The Morgan fingerprint density at radius 3 is 2.47 bits per heavy atom. The first-order chi connectivity index (χ1) is 15.3. The van der Waals surface area contributed by atoms with Crippen molar-refractivity contribution in [2.75, 3.05) is 12.0 Å². The summed E-state index contributed by atoms with van der Waals surface area (Å²) in [6.07, 6.45) is 2.87. The number of benzene rings is 2. The molecule has 162 valence electrons. The SMILES string of the molecule is COc1ccc(C)cc1/C(O)=C1\C(=O)C(=O)N(c2cc(F)ccc2F)C1c1ccncc1. The van der Waals surface area contributed by atoms with Gasteiger partial charge in [0, 0.05) is 18.5 Å². The van der Waals surface area contributed by atoms with Crippen LogP contribution in [0, 0.1) is 18.6 Å². The average Bonchev–Trinajstić information content (AvgIpc) is 3.06. The van der Waals surface area contributed by atoms with Crippen LogP contribution in [0.5, 0.6) is 5.75 Å². The number of ether oxygens (including phenoxy) is 1. The van der Waals surface area contributed by atoms with Crippen molar-refractivity contribution in [3.05, 3.63) is 94.8 Å². The van der Waals surface area contributed by atoms with Crippen molar-refractivity contribution >= 4 is 23.1 Å². The number of aliphatic hydroxyl groups excluding tert-OH is 1. The summed E-state index contributed by atoms with van der Waals surface area (Å²) >= 11 is 0. The standard InChI is InChI=1S/C24H18F2N2O4/c1-13-3-6-19(32-2)16(11-13)22(29)20-21(14-7-9-27-10-8-14)28(24(31)23(20)30)18-12-15(25)4-5-17(18)26/h3-12,21,29H,1-2H3/b22-20+. The number of carbonyl (C=O) groups excluding carboxylic acids is 2. The van der Waals surface area contributed by atoms with Gasteiger partial charge in [-0.1, -0.05) is 11.6 Å². The van der Waals surface area contributed by atoms with E-state index < -0.39 is 40.8 Å². The van der Waals surface area contributed by atoms with Crippen molar-refractivity contribution < 1.29 is 28.2 Å². The molecule has 1 atom stereocenters. The number of ketones is 1. The van der Waals surface area contributed by atoms with Gasteiger partial charge in [-0.2, -0.15) is 0 Å². The van der Waals surface area contributed by atoms with E-state index in [0.29, 0.717) is 5.56 Å². The van der Waals surface area contributed by atoms with E-state index in [2.05, 4.69) is 4.98 Å². The highest BCUT2D eigenvalue weighted by Crippen LogP contribution is 2.44. The van der Waals surface area contributed by atoms with E-state index in [0.717, 1.165) is 28.7 Å². The van der Waals surface area contributed by atoms with E-state index in [9.17, 15) is 23.5 Å². The van der Waals surface area contributed by atoms with E-state index in [-0.39, 0.29) is 16.9 Å². The third-order valence-corrected chi connectivity index (χ3v) is 5.24. The number of halogens is 2. The minimum absolute atomic E-state index is 0.198. The van der Waals surface area contributed by atoms with Crippen LogP contribution in [0.1, 0.15) is 22.7 Å². The molecule has 0 aliphatic carbocycles. The van der Waals surface area contributed by atoms with E-state index in [1.54, 1.807) is 25.1 Å². The molecule has 6 nitrogen and oxygen atoms in total. The minimum Gasteiger partial charge on any atom is -0.507 e. The Morgan fingerprint density at radius 2 is 1.78 bits per heavy atom. The summed E-state index contributed by atoms with van der Waals surface area (Å²) < 4.78 is 33.9. The molecule has 8 heteroatoms. The lowest BCUT2D eigenvalue weighted by Crippen LogP contribution is -2.30. The second kappa shape index (κ2) is 8.22. The normalized spacial score (nSPS) is 17.6. The summed E-state index contributed by atoms with van der Waals surface area (Å²) in [5, 5.41) is 11.2. The van der Waals surface area contributed by atoms with E-state index in [1.807, 2.05) is 0 Å². The largest absolute Gasteiger partial charge is 0.507 e. The maximum atomic E-state index is 14.7. The number of rotatable bonds is 4. The van der Waals surface area contributed by atoms with E-state index >= 15 is 0 Å². The Labute approximate surface area is 182 Å². The molecule has 3 aromatic rings. The summed E-state index contributed by atoms with van der Waals surface area (Å²) in [6, 6.07) is 9.45. The zero-order valence-electron chi connectivity index (χ0n) is 17.2. The highest BCUT2D eigenvalue weighted by Gasteiger charge is 2.48. The fraction of sp³-hybridized carbons (Fsp3) is 0.125. The van der Waals surface area contributed by atoms with Gasteiger partial charge in [0.25, 0.3) is 11.7 Å². The lowest BCUT2D eigenvalue weighted by Gasteiger charge is -2.25. The Morgan fingerprint density at radius 1 is 1.06 bits per heavy atom. The number of carbonyl (C=O) groups is 2. The van der Waals surface area contributed by atoms with Crippen LogP contribution in [0.25, 0.3) is 5.76 Å². The van der Waals surface area contributed by atoms with Gasteiger partial charge in [-0.15, -0.1) is 0 Å². The van der Waals surface area contributed by atoms with Crippen LogP contribution < -0.4 is 9.64 Å². The van der Waals surface area contributed by atoms with Gasteiger partial charge in [0.1, 0.15) is 23.1 Å². The van der Waals surface area contributed by atoms with Gasteiger partial charge in [-0.05, 0) is 48.9 Å². The Bertz CT molecular complexity index is 1260. The molecule has 4 rings (SSSR count).